The van der Waals surface area contributed by atoms with E-state index in [1.807, 2.05) is 0 Å². The Balaban J connectivity index is 2.00. The highest BCUT2D eigenvalue weighted by Gasteiger charge is 2.26. The highest BCUT2D eigenvalue weighted by Crippen LogP contribution is 2.06. The molecule has 1 atom stereocenters. The number of amides is 2. The van der Waals surface area contributed by atoms with Gasteiger partial charge >= 0.3 is 0 Å². The van der Waals surface area contributed by atoms with Gasteiger partial charge in [0, 0.05) is 25.3 Å². The highest BCUT2D eigenvalue weighted by atomic mass is 32.2. The number of carbonyl (C=O) groups is 2. The number of hydrogen-bond donors (Lipinski definition) is 3. The van der Waals surface area contributed by atoms with Gasteiger partial charge in [0.05, 0.1) is 0 Å². The van der Waals surface area contributed by atoms with E-state index in [0.29, 0.717) is 19.4 Å². The van der Waals surface area contributed by atoms with Crippen LogP contribution in [0.2, 0.25) is 0 Å². The van der Waals surface area contributed by atoms with Crippen LogP contribution in [-0.2, 0) is 9.59 Å². The molecule has 6 heteroatoms. The largest absolute Gasteiger partial charge is 0.396 e. The monoisotopic (exact) mass is 246 g/mol. The molecule has 0 saturated carbocycles. The average molecular weight is 246 g/mol. The molecule has 0 unspecified atom stereocenters. The Bertz CT molecular complexity index is 248. The van der Waals surface area contributed by atoms with Gasteiger partial charge in [-0.25, -0.2) is 0 Å². The van der Waals surface area contributed by atoms with Crippen molar-refractivity contribution in [1.82, 2.24) is 10.6 Å². The molecule has 0 spiro atoms. The number of rotatable bonds is 7. The quantitative estimate of drug-likeness (QED) is 0.529. The molecule has 16 heavy (non-hydrogen) atoms. The minimum Gasteiger partial charge on any atom is -0.396 e. The number of aliphatic hydroxyl groups is 1. The third-order valence-electron chi connectivity index (χ3n) is 2.30. The van der Waals surface area contributed by atoms with Gasteiger partial charge in [0.25, 0.3) is 0 Å². The number of carbonyl (C=O) groups excluding carboxylic acids is 2. The Morgan fingerprint density at radius 2 is 2.38 bits per heavy atom. The number of aliphatic hydroxyl groups excluding tert-OH is 1. The van der Waals surface area contributed by atoms with Crippen molar-refractivity contribution in [3.63, 3.8) is 0 Å². The first-order valence-corrected chi connectivity index (χ1v) is 6.65. The second kappa shape index (κ2) is 7.51. The molecule has 1 heterocycles. The molecule has 0 radical (unpaired) electrons. The lowest BCUT2D eigenvalue weighted by atomic mass is 10.2. The van der Waals surface area contributed by atoms with Gasteiger partial charge in [0.2, 0.25) is 11.8 Å². The summed E-state index contributed by atoms with van der Waals surface area (Å²) in [5.74, 6) is 1.62. The van der Waals surface area contributed by atoms with Crippen LogP contribution < -0.4 is 10.6 Å². The number of thioether (sulfide) groups is 1. The van der Waals surface area contributed by atoms with E-state index >= 15 is 0 Å². The fourth-order valence-electron chi connectivity index (χ4n) is 1.45. The van der Waals surface area contributed by atoms with Gasteiger partial charge < -0.3 is 15.7 Å². The van der Waals surface area contributed by atoms with Crippen molar-refractivity contribution in [2.75, 3.05) is 24.7 Å². The molecule has 0 aromatic rings. The summed E-state index contributed by atoms with van der Waals surface area (Å²) in [6.07, 6.45) is 1.84. The molecule has 0 aromatic heterocycles. The van der Waals surface area contributed by atoms with Crippen molar-refractivity contribution in [3.05, 3.63) is 0 Å². The van der Waals surface area contributed by atoms with Crippen LogP contribution in [0.15, 0.2) is 0 Å². The van der Waals surface area contributed by atoms with E-state index in [-0.39, 0.29) is 24.5 Å². The van der Waals surface area contributed by atoms with E-state index in [0.717, 1.165) is 17.9 Å². The van der Waals surface area contributed by atoms with Gasteiger partial charge in [-0.3, -0.25) is 9.59 Å². The topological polar surface area (TPSA) is 78.4 Å². The molecular weight excluding hydrogens is 228 g/mol. The second-order valence-corrected chi connectivity index (χ2v) is 4.86. The van der Waals surface area contributed by atoms with Gasteiger partial charge in [0.1, 0.15) is 6.04 Å². The number of hydrogen-bond acceptors (Lipinski definition) is 4. The SMILES string of the molecule is O=C1CC[C@@H](C(=O)NCCSCCCO)N1. The molecule has 1 aliphatic heterocycles. The fourth-order valence-corrected chi connectivity index (χ4v) is 2.23. The summed E-state index contributed by atoms with van der Waals surface area (Å²) >= 11 is 1.70. The zero-order chi connectivity index (χ0) is 11.8. The van der Waals surface area contributed by atoms with Crippen LogP contribution >= 0.6 is 11.8 Å². The van der Waals surface area contributed by atoms with E-state index in [1.165, 1.54) is 0 Å². The fraction of sp³-hybridized carbons (Fsp3) is 0.800. The zero-order valence-corrected chi connectivity index (χ0v) is 10.0. The minimum absolute atomic E-state index is 0.0440. The second-order valence-electron chi connectivity index (χ2n) is 3.64. The van der Waals surface area contributed by atoms with E-state index in [2.05, 4.69) is 10.6 Å². The summed E-state index contributed by atoms with van der Waals surface area (Å²) in [6.45, 7) is 0.828. The molecule has 92 valence electrons. The smallest absolute Gasteiger partial charge is 0.242 e. The lowest BCUT2D eigenvalue weighted by Gasteiger charge is -2.10. The van der Waals surface area contributed by atoms with E-state index < -0.39 is 0 Å². The summed E-state index contributed by atoms with van der Waals surface area (Å²) in [6, 6.07) is -0.338. The van der Waals surface area contributed by atoms with Crippen LogP contribution in [0.4, 0.5) is 0 Å². The Hall–Kier alpha value is -0.750. The van der Waals surface area contributed by atoms with Gasteiger partial charge in [-0.2, -0.15) is 11.8 Å². The van der Waals surface area contributed by atoms with Gasteiger partial charge in [-0.15, -0.1) is 0 Å². The van der Waals surface area contributed by atoms with Crippen molar-refractivity contribution in [2.24, 2.45) is 0 Å². The first-order chi connectivity index (χ1) is 7.74. The maximum atomic E-state index is 11.5. The molecule has 1 fully saturated rings. The van der Waals surface area contributed by atoms with E-state index in [9.17, 15) is 9.59 Å². The van der Waals surface area contributed by atoms with E-state index in [1.54, 1.807) is 11.8 Å². The maximum Gasteiger partial charge on any atom is 0.242 e. The van der Waals surface area contributed by atoms with Crippen molar-refractivity contribution in [1.29, 1.82) is 0 Å². The van der Waals surface area contributed by atoms with Gasteiger partial charge in [-0.05, 0) is 18.6 Å². The Kier molecular flexibility index (Phi) is 6.25. The molecule has 0 bridgehead atoms. The molecule has 1 rings (SSSR count). The van der Waals surface area contributed by atoms with Crippen LogP contribution in [0.5, 0.6) is 0 Å². The van der Waals surface area contributed by atoms with Gasteiger partial charge in [-0.1, -0.05) is 0 Å². The standard InChI is InChI=1S/C10H18N2O3S/c13-5-1-6-16-7-4-11-10(15)8-2-3-9(14)12-8/h8,13H,1-7H2,(H,11,15)(H,12,14)/t8-/m0/s1. The lowest BCUT2D eigenvalue weighted by molar-refractivity contribution is -0.125. The summed E-state index contributed by atoms with van der Waals surface area (Å²) < 4.78 is 0. The third-order valence-corrected chi connectivity index (χ3v) is 3.37. The van der Waals surface area contributed by atoms with Crippen molar-refractivity contribution in [3.8, 4) is 0 Å². The minimum atomic E-state index is -0.338. The number of nitrogens with one attached hydrogen (secondary N) is 2. The molecule has 1 saturated heterocycles. The predicted octanol–water partition coefficient (Wildman–Crippen LogP) is -0.503. The summed E-state index contributed by atoms with van der Waals surface area (Å²) in [5, 5.41) is 14.0. The Labute approximate surface area is 99.4 Å². The first kappa shape index (κ1) is 13.3. The normalized spacial score (nSPS) is 19.6. The van der Waals surface area contributed by atoms with E-state index in [4.69, 9.17) is 5.11 Å². The summed E-state index contributed by atoms with van der Waals surface area (Å²) in [4.78, 5) is 22.4. The molecule has 3 N–H and O–H groups in total. The maximum absolute atomic E-state index is 11.5. The highest BCUT2D eigenvalue weighted by molar-refractivity contribution is 7.99. The van der Waals surface area contributed by atoms with Crippen LogP contribution in [0, 0.1) is 0 Å². The van der Waals surface area contributed by atoms with Crippen LogP contribution in [0.25, 0.3) is 0 Å². The van der Waals surface area contributed by atoms with Crippen LogP contribution in [0.1, 0.15) is 19.3 Å². The van der Waals surface area contributed by atoms with Gasteiger partial charge in [0.15, 0.2) is 0 Å². The Morgan fingerprint density at radius 1 is 1.56 bits per heavy atom. The molecule has 0 aliphatic carbocycles. The van der Waals surface area contributed by atoms with Crippen molar-refractivity contribution >= 4 is 23.6 Å². The van der Waals surface area contributed by atoms with Crippen LogP contribution in [-0.4, -0.2) is 47.6 Å². The zero-order valence-electron chi connectivity index (χ0n) is 9.20. The summed E-state index contributed by atoms with van der Waals surface area (Å²) in [7, 11) is 0. The third kappa shape index (κ3) is 4.85. The van der Waals surface area contributed by atoms with Crippen molar-refractivity contribution in [2.45, 2.75) is 25.3 Å². The molecule has 1 aliphatic rings. The Morgan fingerprint density at radius 3 is 3.00 bits per heavy atom. The lowest BCUT2D eigenvalue weighted by Crippen LogP contribution is -2.42. The molecule has 5 nitrogen and oxygen atoms in total. The van der Waals surface area contributed by atoms with Crippen molar-refractivity contribution < 1.29 is 14.7 Å². The predicted molar refractivity (Wildman–Crippen MR) is 63.2 cm³/mol. The molecule has 0 aromatic carbocycles. The van der Waals surface area contributed by atoms with Crippen LogP contribution in [0.3, 0.4) is 0 Å². The first-order valence-electron chi connectivity index (χ1n) is 5.49. The average Bonchev–Trinajstić information content (AvgIpc) is 2.70. The molecule has 2 amide bonds. The molecular formula is C10H18N2O3S. The summed E-state index contributed by atoms with van der Waals surface area (Å²) in [5.41, 5.74) is 0.